The van der Waals surface area contributed by atoms with E-state index in [0.717, 1.165) is 31.5 Å². The molecular formula is C30H46O3. The third-order valence-corrected chi connectivity index (χ3v) is 13.3. The molecule has 0 saturated heterocycles. The van der Waals surface area contributed by atoms with Gasteiger partial charge in [-0.05, 0) is 96.7 Å². The second-order valence-corrected chi connectivity index (χ2v) is 15.0. The predicted molar refractivity (Wildman–Crippen MR) is 131 cm³/mol. The number of fused-ring (bicyclic) bond motifs is 7. The second-order valence-electron chi connectivity index (χ2n) is 15.0. The molecule has 0 radical (unpaired) electrons. The highest BCUT2D eigenvalue weighted by Gasteiger charge is 2.72. The zero-order chi connectivity index (χ0) is 24.2. The summed E-state index contributed by atoms with van der Waals surface area (Å²) < 4.78 is 0. The molecular weight excluding hydrogens is 408 g/mol. The first kappa shape index (κ1) is 23.7. The van der Waals surface area contributed by atoms with Gasteiger partial charge in [0.25, 0.3) is 0 Å². The van der Waals surface area contributed by atoms with Crippen LogP contribution in [0.15, 0.2) is 0 Å². The van der Waals surface area contributed by atoms with Crippen LogP contribution in [0, 0.1) is 56.2 Å². The quantitative estimate of drug-likeness (QED) is 0.323. The number of aldehydes is 1. The molecule has 0 N–H and O–H groups in total. The first-order valence-electron chi connectivity index (χ1n) is 13.7. The van der Waals surface area contributed by atoms with Gasteiger partial charge in [0, 0.05) is 17.3 Å². The van der Waals surface area contributed by atoms with Crippen molar-refractivity contribution in [1.82, 2.24) is 0 Å². The Bertz CT molecular complexity index is 904. The standard InChI is InChI=1S/C30H46O3/c1-19-20(32)16-21(33)24-27(5)13-15-29(7)23-17-25(2,3)10-11-26(23,4)12-14-28(29,6)22(27)8-9-30(19,24)18-31/h18-19,22-24H,8-17H2,1-7H3. The van der Waals surface area contributed by atoms with Crippen molar-refractivity contribution in [3.63, 3.8) is 0 Å². The highest BCUT2D eigenvalue weighted by molar-refractivity contribution is 6.07. The van der Waals surface area contributed by atoms with Gasteiger partial charge in [0.15, 0.2) is 0 Å². The van der Waals surface area contributed by atoms with Gasteiger partial charge >= 0.3 is 0 Å². The highest BCUT2D eigenvalue weighted by atomic mass is 16.2. The molecule has 0 amide bonds. The van der Waals surface area contributed by atoms with Crippen molar-refractivity contribution in [3.8, 4) is 0 Å². The van der Waals surface area contributed by atoms with Crippen LogP contribution in [-0.2, 0) is 14.4 Å². The largest absolute Gasteiger partial charge is 0.303 e. The second kappa shape index (κ2) is 6.82. The lowest BCUT2D eigenvalue weighted by Crippen LogP contribution is -2.69. The first-order valence-corrected chi connectivity index (χ1v) is 13.7. The van der Waals surface area contributed by atoms with Crippen LogP contribution < -0.4 is 0 Å². The summed E-state index contributed by atoms with van der Waals surface area (Å²) in [7, 11) is 0. The number of Topliss-reactive ketones (excluding diaryl/α,β-unsaturated/α-hetero) is 2. The molecule has 184 valence electrons. The molecule has 33 heavy (non-hydrogen) atoms. The Kier molecular flexibility index (Phi) is 4.90. The van der Waals surface area contributed by atoms with Crippen LogP contribution in [0.25, 0.3) is 0 Å². The Balaban J connectivity index is 1.59. The molecule has 3 heteroatoms. The minimum absolute atomic E-state index is 0.0184. The van der Waals surface area contributed by atoms with Gasteiger partial charge < -0.3 is 4.79 Å². The van der Waals surface area contributed by atoms with Crippen LogP contribution in [0.5, 0.6) is 0 Å². The third kappa shape index (κ3) is 2.77. The Morgan fingerprint density at radius 3 is 2.03 bits per heavy atom. The molecule has 9 atom stereocenters. The molecule has 0 spiro atoms. The number of hydrogen-bond donors (Lipinski definition) is 0. The molecule has 0 aliphatic heterocycles. The summed E-state index contributed by atoms with van der Waals surface area (Å²) in [5.41, 5.74) is 0.315. The molecule has 5 fully saturated rings. The lowest BCUT2D eigenvalue weighted by molar-refractivity contribution is -0.250. The van der Waals surface area contributed by atoms with Crippen molar-refractivity contribution < 1.29 is 14.4 Å². The fourth-order valence-corrected chi connectivity index (χ4v) is 10.9. The van der Waals surface area contributed by atoms with Crippen LogP contribution in [0.2, 0.25) is 0 Å². The zero-order valence-corrected chi connectivity index (χ0v) is 22.2. The molecule has 0 heterocycles. The van der Waals surface area contributed by atoms with Crippen molar-refractivity contribution in [1.29, 1.82) is 0 Å². The lowest BCUT2D eigenvalue weighted by Gasteiger charge is -2.74. The molecule has 5 rings (SSSR count). The predicted octanol–water partition coefficient (Wildman–Crippen LogP) is 6.82. The number of carbonyl (C=O) groups is 3. The molecule has 3 nitrogen and oxygen atoms in total. The maximum Gasteiger partial charge on any atom is 0.144 e. The minimum Gasteiger partial charge on any atom is -0.303 e. The molecule has 0 aromatic heterocycles. The molecule has 0 aromatic carbocycles. The molecule has 5 aliphatic carbocycles. The molecule has 0 aromatic rings. The van der Waals surface area contributed by atoms with Gasteiger partial charge in [-0.15, -0.1) is 0 Å². The van der Waals surface area contributed by atoms with E-state index in [1.807, 2.05) is 6.92 Å². The maximum atomic E-state index is 13.5. The highest BCUT2D eigenvalue weighted by Crippen LogP contribution is 2.77. The Morgan fingerprint density at radius 2 is 1.36 bits per heavy atom. The van der Waals surface area contributed by atoms with Crippen LogP contribution in [0.4, 0.5) is 0 Å². The van der Waals surface area contributed by atoms with Gasteiger partial charge in [-0.2, -0.15) is 0 Å². The average molecular weight is 455 g/mol. The summed E-state index contributed by atoms with van der Waals surface area (Å²) in [6, 6.07) is 0. The third-order valence-electron chi connectivity index (χ3n) is 13.3. The zero-order valence-electron chi connectivity index (χ0n) is 22.2. The SMILES string of the molecule is CC1C(=O)CC(=O)C2C3(C)CCC4(C)C5CC(C)(C)CCC5(C)CCC4(C)C3CCC12C=O. The van der Waals surface area contributed by atoms with Crippen molar-refractivity contribution in [3.05, 3.63) is 0 Å². The van der Waals surface area contributed by atoms with Gasteiger partial charge in [0.1, 0.15) is 17.9 Å². The molecule has 5 saturated carbocycles. The van der Waals surface area contributed by atoms with E-state index in [-0.39, 0.29) is 46.1 Å². The van der Waals surface area contributed by atoms with E-state index < -0.39 is 5.41 Å². The van der Waals surface area contributed by atoms with Crippen LogP contribution in [0.1, 0.15) is 113 Å². The Labute approximate surface area is 201 Å². The summed E-state index contributed by atoms with van der Waals surface area (Å²) in [5.74, 6) is 0.592. The number of carbonyl (C=O) groups excluding carboxylic acids is 3. The smallest absolute Gasteiger partial charge is 0.144 e. The van der Waals surface area contributed by atoms with Crippen LogP contribution in [0.3, 0.4) is 0 Å². The summed E-state index contributed by atoms with van der Waals surface area (Å²) in [5, 5.41) is 0. The molecule has 0 bridgehead atoms. The van der Waals surface area contributed by atoms with Crippen molar-refractivity contribution >= 4 is 17.9 Å². The maximum absolute atomic E-state index is 13.5. The van der Waals surface area contributed by atoms with Gasteiger partial charge in [0.05, 0.1) is 6.42 Å². The fraction of sp³-hybridized carbons (Fsp3) is 0.900. The lowest BCUT2D eigenvalue weighted by atomic mass is 9.30. The van der Waals surface area contributed by atoms with Gasteiger partial charge in [0.2, 0.25) is 0 Å². The monoisotopic (exact) mass is 454 g/mol. The van der Waals surface area contributed by atoms with Crippen LogP contribution in [-0.4, -0.2) is 17.9 Å². The van der Waals surface area contributed by atoms with Crippen LogP contribution >= 0.6 is 0 Å². The van der Waals surface area contributed by atoms with Gasteiger partial charge in [-0.25, -0.2) is 0 Å². The van der Waals surface area contributed by atoms with E-state index in [2.05, 4.69) is 41.5 Å². The van der Waals surface area contributed by atoms with E-state index in [0.29, 0.717) is 23.2 Å². The van der Waals surface area contributed by atoms with Gasteiger partial charge in [-0.1, -0.05) is 48.5 Å². The number of rotatable bonds is 1. The van der Waals surface area contributed by atoms with E-state index >= 15 is 0 Å². The van der Waals surface area contributed by atoms with Crippen molar-refractivity contribution in [2.75, 3.05) is 0 Å². The summed E-state index contributed by atoms with van der Waals surface area (Å²) >= 11 is 0. The van der Waals surface area contributed by atoms with E-state index in [1.165, 1.54) is 32.1 Å². The number of hydrogen-bond acceptors (Lipinski definition) is 3. The van der Waals surface area contributed by atoms with Crippen molar-refractivity contribution in [2.45, 2.75) is 113 Å². The molecule has 5 aliphatic rings. The summed E-state index contributed by atoms with van der Waals surface area (Å²) in [4.78, 5) is 38.9. The summed E-state index contributed by atoms with van der Waals surface area (Å²) in [6.45, 7) is 16.9. The van der Waals surface area contributed by atoms with Gasteiger partial charge in [-0.3, -0.25) is 9.59 Å². The normalized spacial score (nSPS) is 55.6. The van der Waals surface area contributed by atoms with E-state index in [1.54, 1.807) is 0 Å². The van der Waals surface area contributed by atoms with Crippen molar-refractivity contribution in [2.24, 2.45) is 56.2 Å². The average Bonchev–Trinajstić information content (AvgIpc) is 2.74. The van der Waals surface area contributed by atoms with E-state index in [4.69, 9.17) is 0 Å². The number of ketones is 2. The topological polar surface area (TPSA) is 51.2 Å². The molecule has 9 unspecified atom stereocenters. The fourth-order valence-electron chi connectivity index (χ4n) is 10.9. The Hall–Kier alpha value is -0.990. The van der Waals surface area contributed by atoms with E-state index in [9.17, 15) is 14.4 Å². The minimum atomic E-state index is -0.780. The first-order chi connectivity index (χ1) is 15.2. The Morgan fingerprint density at radius 1 is 0.758 bits per heavy atom. The summed E-state index contributed by atoms with van der Waals surface area (Å²) in [6.07, 6.45) is 11.4.